The van der Waals surface area contributed by atoms with E-state index >= 15 is 0 Å². The van der Waals surface area contributed by atoms with Crippen LogP contribution in [0.4, 0.5) is 0 Å². The first kappa shape index (κ1) is 18.0. The van der Waals surface area contributed by atoms with E-state index in [2.05, 4.69) is 44.2 Å². The summed E-state index contributed by atoms with van der Waals surface area (Å²) in [4.78, 5) is 0. The topological polar surface area (TPSA) is 35.2 Å². The Morgan fingerprint density at radius 3 is 2.17 bits per heavy atom. The van der Waals surface area contributed by atoms with Crippen LogP contribution in [0.2, 0.25) is 0 Å². The third-order valence-corrected chi connectivity index (χ3v) is 4.56. The van der Waals surface area contributed by atoms with Crippen LogP contribution in [0.15, 0.2) is 60.7 Å². The molecule has 0 heterocycles. The van der Waals surface area contributed by atoms with Gasteiger partial charge in [-0.3, -0.25) is 0 Å². The number of ether oxygens (including phenoxy) is 1. The number of hydrogen-bond donors (Lipinski definition) is 1. The zero-order valence-electron chi connectivity index (χ0n) is 14.8. The van der Waals surface area contributed by atoms with Gasteiger partial charge < -0.3 is 10.5 Å². The lowest BCUT2D eigenvalue weighted by molar-refractivity contribution is 0.413. The van der Waals surface area contributed by atoms with Crippen LogP contribution in [-0.4, -0.2) is 7.11 Å². The largest absolute Gasteiger partial charge is 0.496 e. The number of rotatable bonds is 7. The first-order valence-corrected chi connectivity index (χ1v) is 8.50. The summed E-state index contributed by atoms with van der Waals surface area (Å²) in [6.07, 6.45) is 10.1. The summed E-state index contributed by atoms with van der Waals surface area (Å²) < 4.78 is 5.34. The van der Waals surface area contributed by atoms with Crippen LogP contribution in [0, 0.1) is 0 Å². The summed E-state index contributed by atoms with van der Waals surface area (Å²) in [6, 6.07) is 16.5. The predicted octanol–water partition coefficient (Wildman–Crippen LogP) is 5.40. The maximum atomic E-state index is 6.44. The lowest BCUT2D eigenvalue weighted by Crippen LogP contribution is -2.34. The van der Waals surface area contributed by atoms with Crippen molar-refractivity contribution in [2.45, 2.75) is 32.2 Å². The van der Waals surface area contributed by atoms with Crippen molar-refractivity contribution >= 4 is 12.2 Å². The normalized spacial score (nSPS) is 12.2. The van der Waals surface area contributed by atoms with E-state index in [1.165, 1.54) is 5.56 Å². The van der Waals surface area contributed by atoms with E-state index < -0.39 is 0 Å². The molecular formula is C22H27NO. The summed E-state index contributed by atoms with van der Waals surface area (Å²) in [5.74, 6) is 0.880. The number of hydrogen-bond acceptors (Lipinski definition) is 2. The molecular weight excluding hydrogens is 294 g/mol. The molecule has 0 amide bonds. The molecule has 2 aromatic carbocycles. The minimum absolute atomic E-state index is 0.216. The first-order valence-electron chi connectivity index (χ1n) is 8.50. The molecule has 0 aromatic heterocycles. The highest BCUT2D eigenvalue weighted by molar-refractivity contribution is 5.61. The maximum Gasteiger partial charge on any atom is 0.126 e. The van der Waals surface area contributed by atoms with Crippen molar-refractivity contribution in [2.24, 2.45) is 5.73 Å². The second-order valence-corrected chi connectivity index (χ2v) is 5.95. The quantitative estimate of drug-likeness (QED) is 0.693. The lowest BCUT2D eigenvalue weighted by Gasteiger charge is -2.27. The Morgan fingerprint density at radius 2 is 1.54 bits per heavy atom. The molecule has 0 spiro atoms. The second kappa shape index (κ2) is 8.51. The minimum atomic E-state index is -0.216. The molecule has 2 rings (SSSR count). The fraction of sp³-hybridized carbons (Fsp3) is 0.273. The lowest BCUT2D eigenvalue weighted by atomic mass is 9.85. The number of nitrogens with two attached hydrogens (primary N) is 1. The van der Waals surface area contributed by atoms with Crippen molar-refractivity contribution in [1.82, 2.24) is 0 Å². The summed E-state index contributed by atoms with van der Waals surface area (Å²) in [5, 5.41) is 0. The van der Waals surface area contributed by atoms with Gasteiger partial charge in [-0.05, 0) is 30.0 Å². The van der Waals surface area contributed by atoms with Gasteiger partial charge in [-0.1, -0.05) is 80.6 Å². The summed E-state index contributed by atoms with van der Waals surface area (Å²) in [5.41, 5.74) is 9.66. The molecule has 126 valence electrons. The van der Waals surface area contributed by atoms with Crippen LogP contribution in [-0.2, 0) is 5.54 Å². The predicted molar refractivity (Wildman–Crippen MR) is 104 cm³/mol. The molecule has 0 unspecified atom stereocenters. The molecule has 0 atom stereocenters. The third kappa shape index (κ3) is 4.36. The molecule has 2 aromatic rings. The second-order valence-electron chi connectivity index (χ2n) is 5.95. The maximum absolute atomic E-state index is 6.44. The van der Waals surface area contributed by atoms with E-state index in [9.17, 15) is 0 Å². The van der Waals surface area contributed by atoms with Crippen LogP contribution in [0.25, 0.3) is 12.2 Å². The fourth-order valence-electron chi connectivity index (χ4n) is 2.71. The van der Waals surface area contributed by atoms with E-state index in [0.717, 1.165) is 29.7 Å². The average Bonchev–Trinajstić information content (AvgIpc) is 2.65. The van der Waals surface area contributed by atoms with Gasteiger partial charge in [0.1, 0.15) is 5.75 Å². The molecule has 0 saturated heterocycles. The van der Waals surface area contributed by atoms with Crippen LogP contribution in [0.5, 0.6) is 5.75 Å². The third-order valence-electron chi connectivity index (χ3n) is 4.56. The molecule has 2 N–H and O–H groups in total. The molecule has 2 heteroatoms. The molecule has 24 heavy (non-hydrogen) atoms. The van der Waals surface area contributed by atoms with Gasteiger partial charge in [0, 0.05) is 11.1 Å². The Morgan fingerprint density at radius 1 is 0.917 bits per heavy atom. The molecule has 2 nitrogen and oxygen atoms in total. The first-order chi connectivity index (χ1) is 11.6. The number of methoxy groups -OCH3 is 1. The Hall–Kier alpha value is -2.32. The van der Waals surface area contributed by atoms with E-state index in [1.54, 1.807) is 7.11 Å². The van der Waals surface area contributed by atoms with E-state index in [1.807, 2.05) is 42.5 Å². The number of para-hydroxylation sites is 1. The van der Waals surface area contributed by atoms with Crippen molar-refractivity contribution in [1.29, 1.82) is 0 Å². The summed E-state index contributed by atoms with van der Waals surface area (Å²) in [6.45, 7) is 4.28. The Kier molecular flexibility index (Phi) is 6.39. The molecule has 0 radical (unpaired) electrons. The Bertz CT molecular complexity index is 694. The minimum Gasteiger partial charge on any atom is -0.496 e. The highest BCUT2D eigenvalue weighted by Gasteiger charge is 2.22. The number of allylic oxidation sites excluding steroid dienone is 2. The summed E-state index contributed by atoms with van der Waals surface area (Å²) in [7, 11) is 1.69. The fourth-order valence-corrected chi connectivity index (χ4v) is 2.71. The van der Waals surface area contributed by atoms with Gasteiger partial charge in [-0.25, -0.2) is 0 Å². The van der Waals surface area contributed by atoms with E-state index in [-0.39, 0.29) is 5.54 Å². The van der Waals surface area contributed by atoms with Crippen molar-refractivity contribution in [3.63, 3.8) is 0 Å². The molecule has 0 aliphatic carbocycles. The Labute approximate surface area is 145 Å². The van der Waals surface area contributed by atoms with Crippen molar-refractivity contribution < 1.29 is 4.74 Å². The molecule has 0 aliphatic rings. The molecule has 0 fully saturated rings. The molecule has 0 bridgehead atoms. The van der Waals surface area contributed by atoms with Crippen molar-refractivity contribution in [3.05, 3.63) is 77.4 Å². The summed E-state index contributed by atoms with van der Waals surface area (Å²) >= 11 is 0. The molecule has 0 saturated carbocycles. The van der Waals surface area contributed by atoms with Gasteiger partial charge >= 0.3 is 0 Å². The standard InChI is InChI=1S/C22H27NO/c1-4-22(23,5-2)20-16-14-18(15-17-20)10-6-7-11-19-12-8-9-13-21(19)24-3/h6-17H,4-5,23H2,1-3H3/b10-6+,11-7+. The van der Waals surface area contributed by atoms with Crippen molar-refractivity contribution in [2.75, 3.05) is 7.11 Å². The van der Waals surface area contributed by atoms with Crippen molar-refractivity contribution in [3.8, 4) is 5.75 Å². The molecule has 0 aliphatic heterocycles. The van der Waals surface area contributed by atoms with Gasteiger partial charge in [0.2, 0.25) is 0 Å². The number of benzene rings is 2. The van der Waals surface area contributed by atoms with Gasteiger partial charge in [-0.15, -0.1) is 0 Å². The SMILES string of the molecule is CCC(N)(CC)c1ccc(/C=C/C=C/c2ccccc2OC)cc1. The smallest absolute Gasteiger partial charge is 0.126 e. The zero-order valence-corrected chi connectivity index (χ0v) is 14.8. The average molecular weight is 321 g/mol. The highest BCUT2D eigenvalue weighted by atomic mass is 16.5. The Balaban J connectivity index is 2.06. The van der Waals surface area contributed by atoms with E-state index in [0.29, 0.717) is 0 Å². The van der Waals surface area contributed by atoms with Gasteiger partial charge in [0.25, 0.3) is 0 Å². The van der Waals surface area contributed by atoms with Crippen LogP contribution < -0.4 is 10.5 Å². The van der Waals surface area contributed by atoms with Crippen LogP contribution in [0.1, 0.15) is 43.4 Å². The zero-order chi connectivity index (χ0) is 17.4. The van der Waals surface area contributed by atoms with Crippen LogP contribution >= 0.6 is 0 Å². The van der Waals surface area contributed by atoms with E-state index in [4.69, 9.17) is 10.5 Å². The monoisotopic (exact) mass is 321 g/mol. The van der Waals surface area contributed by atoms with Gasteiger partial charge in [-0.2, -0.15) is 0 Å². The van der Waals surface area contributed by atoms with Gasteiger partial charge in [0.05, 0.1) is 7.11 Å². The van der Waals surface area contributed by atoms with Crippen LogP contribution in [0.3, 0.4) is 0 Å². The van der Waals surface area contributed by atoms with Gasteiger partial charge in [0.15, 0.2) is 0 Å². The highest BCUT2D eigenvalue weighted by Crippen LogP contribution is 2.26.